The van der Waals surface area contributed by atoms with E-state index in [0.29, 0.717) is 10.6 Å². The zero-order valence-corrected chi connectivity index (χ0v) is 24.2. The van der Waals surface area contributed by atoms with Crippen LogP contribution < -0.4 is 0 Å². The summed E-state index contributed by atoms with van der Waals surface area (Å²) in [5.41, 5.74) is 0.478. The first-order chi connectivity index (χ1) is 11.3. The van der Waals surface area contributed by atoms with Crippen LogP contribution >= 0.6 is 0 Å². The molecule has 0 aliphatic carbocycles. The molecule has 0 rings (SSSR count). The van der Waals surface area contributed by atoms with Crippen molar-refractivity contribution in [1.29, 1.82) is 0 Å². The van der Waals surface area contributed by atoms with Crippen LogP contribution in [-0.4, -0.2) is 35.8 Å². The van der Waals surface area contributed by atoms with E-state index in [1.807, 2.05) is 0 Å². The fourth-order valence-electron chi connectivity index (χ4n) is 2.53. The van der Waals surface area contributed by atoms with E-state index in [-0.39, 0.29) is 11.1 Å². The molecular weight excluding hydrogens is 409 g/mol. The number of rotatable bonds is 6. The van der Waals surface area contributed by atoms with Crippen LogP contribution in [-0.2, 0) is 4.43 Å². The van der Waals surface area contributed by atoms with Gasteiger partial charge in [-0.1, -0.05) is 0 Å². The Kier molecular flexibility index (Phi) is 8.80. The van der Waals surface area contributed by atoms with Crippen molar-refractivity contribution in [2.75, 3.05) is 0 Å². The van der Waals surface area contributed by atoms with Crippen LogP contribution in [0.15, 0.2) is 12.7 Å². The molecule has 0 saturated carbocycles. The van der Waals surface area contributed by atoms with E-state index < -0.39 is 29.7 Å². The summed E-state index contributed by atoms with van der Waals surface area (Å²) in [6, 6.07) is 0. The predicted molar refractivity (Wildman–Crippen MR) is 129 cm³/mol. The number of hydrogen-bond acceptors (Lipinski definition) is 1. The summed E-state index contributed by atoms with van der Waals surface area (Å²) in [5, 5.41) is 0.503. The van der Waals surface area contributed by atoms with Gasteiger partial charge in [0.2, 0.25) is 0 Å². The maximum absolute atomic E-state index is 6.98. The summed E-state index contributed by atoms with van der Waals surface area (Å²) in [7, 11) is -3.52. The SMILES string of the molecule is C=CCC(C(C#[C][Ge]([CH3])([CH3])[CH3])O[Si](C)(C)C(C)(C)C)[Si](C)(C)C(C)(C)C. The first kappa shape index (κ1) is 26.2. The van der Waals surface area contributed by atoms with E-state index in [1.165, 1.54) is 0 Å². The van der Waals surface area contributed by atoms with Crippen molar-refractivity contribution in [2.45, 2.75) is 113 Å². The van der Waals surface area contributed by atoms with Crippen LogP contribution in [0.5, 0.6) is 0 Å². The van der Waals surface area contributed by atoms with E-state index >= 15 is 0 Å². The third kappa shape index (κ3) is 7.34. The fourth-order valence-corrected chi connectivity index (χ4v) is 7.86. The molecule has 152 valence electrons. The average molecular weight is 455 g/mol. The molecule has 2 atom stereocenters. The van der Waals surface area contributed by atoms with Gasteiger partial charge in [-0.3, -0.25) is 0 Å². The molecule has 26 heavy (non-hydrogen) atoms. The van der Waals surface area contributed by atoms with Crippen molar-refractivity contribution < 1.29 is 4.43 Å². The molecule has 0 aromatic carbocycles. The van der Waals surface area contributed by atoms with Crippen molar-refractivity contribution in [2.24, 2.45) is 0 Å². The van der Waals surface area contributed by atoms with Gasteiger partial charge < -0.3 is 0 Å². The Morgan fingerprint density at radius 2 is 1.42 bits per heavy atom. The van der Waals surface area contributed by atoms with E-state index in [9.17, 15) is 0 Å². The third-order valence-corrected chi connectivity index (χ3v) is 19.1. The van der Waals surface area contributed by atoms with E-state index in [0.717, 1.165) is 6.42 Å². The van der Waals surface area contributed by atoms with Crippen molar-refractivity contribution in [3.8, 4) is 10.7 Å². The zero-order chi connectivity index (χ0) is 21.2. The monoisotopic (exact) mass is 456 g/mol. The molecule has 0 saturated heterocycles. The first-order valence-corrected chi connectivity index (χ1v) is 23.4. The molecule has 0 aromatic heterocycles. The second-order valence-corrected chi connectivity index (χ2v) is 32.3. The van der Waals surface area contributed by atoms with Gasteiger partial charge in [0, 0.05) is 0 Å². The maximum atomic E-state index is 6.98. The van der Waals surface area contributed by atoms with Crippen molar-refractivity contribution >= 4 is 29.7 Å². The van der Waals surface area contributed by atoms with Crippen LogP contribution in [0.3, 0.4) is 0 Å². The number of allylic oxidation sites excluding steroid dienone is 1. The van der Waals surface area contributed by atoms with Crippen LogP contribution in [0, 0.1) is 10.7 Å². The Morgan fingerprint density at radius 1 is 0.962 bits per heavy atom. The van der Waals surface area contributed by atoms with Crippen LogP contribution in [0.1, 0.15) is 48.0 Å². The molecule has 0 amide bonds. The van der Waals surface area contributed by atoms with Gasteiger partial charge in [-0.05, 0) is 0 Å². The molecule has 0 aromatic rings. The Hall–Kier alpha value is 0.237. The molecular formula is C22H46GeOSi2. The van der Waals surface area contributed by atoms with Gasteiger partial charge in [0.1, 0.15) is 0 Å². The van der Waals surface area contributed by atoms with Gasteiger partial charge in [-0.25, -0.2) is 0 Å². The van der Waals surface area contributed by atoms with Gasteiger partial charge in [0.25, 0.3) is 0 Å². The molecule has 0 bridgehead atoms. The summed E-state index contributed by atoms with van der Waals surface area (Å²) in [4.78, 5) is 0. The standard InChI is InChI=1S/C22H46GeOSi2/c1-15-16-20(25(11,12)21(2,3)4)19(17-18-23(8,9)10)24-26(13,14)22(5,6)7/h15,19-20H,1,16H2,2-14H3. The average Bonchev–Trinajstić information content (AvgIpc) is 2.37. The van der Waals surface area contributed by atoms with E-state index in [4.69, 9.17) is 4.43 Å². The Bertz CT molecular complexity index is 534. The Balaban J connectivity index is 6.23. The molecule has 0 aliphatic heterocycles. The van der Waals surface area contributed by atoms with Crippen molar-refractivity contribution in [3.63, 3.8) is 0 Å². The molecule has 1 nitrogen and oxygen atoms in total. The summed E-state index contributed by atoms with van der Waals surface area (Å²) in [5.74, 6) is 10.8. The normalized spacial score (nSPS) is 16.5. The summed E-state index contributed by atoms with van der Waals surface area (Å²) in [6.45, 7) is 28.0. The quantitative estimate of drug-likeness (QED) is 0.226. The topological polar surface area (TPSA) is 9.23 Å². The summed E-state index contributed by atoms with van der Waals surface area (Å²) < 4.78 is 10.7. The molecule has 0 spiro atoms. The predicted octanol–water partition coefficient (Wildman–Crippen LogP) is 7.71. The van der Waals surface area contributed by atoms with Crippen molar-refractivity contribution in [3.05, 3.63) is 12.7 Å². The molecule has 0 N–H and O–H groups in total. The van der Waals surface area contributed by atoms with Gasteiger partial charge in [-0.15, -0.1) is 0 Å². The molecule has 0 heterocycles. The summed E-state index contributed by atoms with van der Waals surface area (Å²) in [6.07, 6.45) is 3.13. The number of hydrogen-bond donors (Lipinski definition) is 0. The molecule has 2 unspecified atom stereocenters. The van der Waals surface area contributed by atoms with Gasteiger partial charge in [0.15, 0.2) is 0 Å². The second-order valence-electron chi connectivity index (χ2n) is 11.9. The molecule has 0 fully saturated rings. The van der Waals surface area contributed by atoms with Crippen LogP contribution in [0.25, 0.3) is 0 Å². The minimum atomic E-state index is -1.95. The minimum absolute atomic E-state index is 0.0413. The van der Waals surface area contributed by atoms with Gasteiger partial charge in [-0.2, -0.15) is 0 Å². The zero-order valence-electron chi connectivity index (χ0n) is 20.1. The Morgan fingerprint density at radius 3 is 1.73 bits per heavy atom. The van der Waals surface area contributed by atoms with Gasteiger partial charge >= 0.3 is 171 Å². The third-order valence-electron chi connectivity index (χ3n) is 6.46. The van der Waals surface area contributed by atoms with Gasteiger partial charge in [0.05, 0.1) is 0 Å². The first-order valence-electron chi connectivity index (χ1n) is 10.1. The van der Waals surface area contributed by atoms with E-state index in [2.05, 4.69) is 108 Å². The van der Waals surface area contributed by atoms with Crippen LogP contribution in [0.2, 0.25) is 59.1 Å². The van der Waals surface area contributed by atoms with Crippen molar-refractivity contribution in [1.82, 2.24) is 0 Å². The molecule has 4 heteroatoms. The van der Waals surface area contributed by atoms with Crippen LogP contribution in [0.4, 0.5) is 0 Å². The fraction of sp³-hybridized carbons (Fsp3) is 0.818. The summed E-state index contributed by atoms with van der Waals surface area (Å²) >= 11 is -1.95. The van der Waals surface area contributed by atoms with E-state index in [1.54, 1.807) is 0 Å². The molecule has 0 aliphatic rings. The second kappa shape index (κ2) is 8.72. The Labute approximate surface area is 170 Å². The molecule has 0 radical (unpaired) electrons.